The molecule has 4 nitrogen and oxygen atoms in total. The van der Waals surface area contributed by atoms with Gasteiger partial charge in [-0.1, -0.05) is 0 Å². The molecule has 1 heterocycles. The van der Waals surface area contributed by atoms with Gasteiger partial charge in [0, 0.05) is 30.9 Å². The first-order valence-corrected chi connectivity index (χ1v) is 5.04. The third-order valence-corrected chi connectivity index (χ3v) is 2.25. The second-order valence-corrected chi connectivity index (χ2v) is 3.74. The van der Waals surface area contributed by atoms with Crippen LogP contribution in [0.25, 0.3) is 0 Å². The summed E-state index contributed by atoms with van der Waals surface area (Å²) in [6.45, 7) is 4.00. The minimum atomic E-state index is -0.281. The highest BCUT2D eigenvalue weighted by atomic mass is 16.1. The fraction of sp³-hybridized carbons (Fsp3) is 0.455. The van der Waals surface area contributed by atoms with E-state index in [1.165, 1.54) is 0 Å². The number of pyridine rings is 1. The zero-order chi connectivity index (χ0) is 11.3. The molecule has 0 spiro atoms. The number of amides is 1. The average molecular weight is 207 g/mol. The first kappa shape index (κ1) is 11.7. The van der Waals surface area contributed by atoms with Gasteiger partial charge in [0.1, 0.15) is 0 Å². The third kappa shape index (κ3) is 4.08. The lowest BCUT2D eigenvalue weighted by Gasteiger charge is -2.19. The molecular formula is C11H17N3O. The lowest BCUT2D eigenvalue weighted by atomic mass is 10.1. The van der Waals surface area contributed by atoms with E-state index < -0.39 is 0 Å². The largest absolute Gasteiger partial charge is 0.370 e. The summed E-state index contributed by atoms with van der Waals surface area (Å²) in [5.41, 5.74) is 6.27. The van der Waals surface area contributed by atoms with E-state index >= 15 is 0 Å². The number of primary amides is 1. The fourth-order valence-corrected chi connectivity index (χ4v) is 1.54. The van der Waals surface area contributed by atoms with Crippen LogP contribution in [-0.2, 0) is 4.79 Å². The van der Waals surface area contributed by atoms with Crippen LogP contribution >= 0.6 is 0 Å². The summed E-state index contributed by atoms with van der Waals surface area (Å²) in [6.07, 6.45) is 3.87. The van der Waals surface area contributed by atoms with Crippen molar-refractivity contribution >= 4 is 5.91 Å². The molecule has 0 bridgehead atoms. The van der Waals surface area contributed by atoms with Crippen LogP contribution < -0.4 is 11.1 Å². The average Bonchev–Trinajstić information content (AvgIpc) is 2.17. The molecule has 2 unspecified atom stereocenters. The van der Waals surface area contributed by atoms with Crippen molar-refractivity contribution in [1.82, 2.24) is 10.3 Å². The molecule has 0 saturated heterocycles. The molecule has 0 aliphatic heterocycles. The Bertz CT molecular complexity index is 313. The van der Waals surface area contributed by atoms with Crippen LogP contribution in [-0.4, -0.2) is 16.9 Å². The van der Waals surface area contributed by atoms with Crippen molar-refractivity contribution in [2.75, 3.05) is 0 Å². The van der Waals surface area contributed by atoms with Crippen LogP contribution in [0.5, 0.6) is 0 Å². The monoisotopic (exact) mass is 207 g/mol. The van der Waals surface area contributed by atoms with E-state index in [1.54, 1.807) is 12.4 Å². The minimum absolute atomic E-state index is 0.0886. The number of hydrogen-bond donors (Lipinski definition) is 2. The number of nitrogens with one attached hydrogen (secondary N) is 1. The molecule has 0 radical (unpaired) electrons. The molecular weight excluding hydrogens is 190 g/mol. The van der Waals surface area contributed by atoms with Gasteiger partial charge >= 0.3 is 0 Å². The van der Waals surface area contributed by atoms with Gasteiger partial charge in [0.05, 0.1) is 0 Å². The molecule has 1 rings (SSSR count). The Labute approximate surface area is 89.9 Å². The van der Waals surface area contributed by atoms with Gasteiger partial charge in [-0.15, -0.1) is 0 Å². The highest BCUT2D eigenvalue weighted by molar-refractivity contribution is 5.74. The molecule has 1 aromatic heterocycles. The summed E-state index contributed by atoms with van der Waals surface area (Å²) in [6, 6.07) is 4.19. The predicted molar refractivity (Wildman–Crippen MR) is 59.1 cm³/mol. The van der Waals surface area contributed by atoms with Gasteiger partial charge in [-0.05, 0) is 31.5 Å². The third-order valence-electron chi connectivity index (χ3n) is 2.25. The van der Waals surface area contributed by atoms with Crippen LogP contribution in [0.2, 0.25) is 0 Å². The summed E-state index contributed by atoms with van der Waals surface area (Å²) in [7, 11) is 0. The van der Waals surface area contributed by atoms with E-state index in [1.807, 2.05) is 26.0 Å². The normalized spacial score (nSPS) is 14.5. The van der Waals surface area contributed by atoms with Gasteiger partial charge in [0.25, 0.3) is 0 Å². The van der Waals surface area contributed by atoms with E-state index in [9.17, 15) is 4.79 Å². The lowest BCUT2D eigenvalue weighted by molar-refractivity contribution is -0.118. The summed E-state index contributed by atoms with van der Waals surface area (Å²) >= 11 is 0. The molecule has 0 aliphatic rings. The summed E-state index contributed by atoms with van der Waals surface area (Å²) < 4.78 is 0. The van der Waals surface area contributed by atoms with Crippen molar-refractivity contribution in [1.29, 1.82) is 0 Å². The summed E-state index contributed by atoms with van der Waals surface area (Å²) in [5, 5.41) is 3.30. The number of nitrogens with two attached hydrogens (primary N) is 1. The SMILES string of the molecule is CC(CC(N)=O)NC(C)c1ccncc1. The van der Waals surface area contributed by atoms with Crippen molar-refractivity contribution in [2.45, 2.75) is 32.4 Å². The van der Waals surface area contributed by atoms with E-state index in [-0.39, 0.29) is 18.0 Å². The molecule has 1 amide bonds. The molecule has 82 valence electrons. The van der Waals surface area contributed by atoms with Crippen molar-refractivity contribution in [3.63, 3.8) is 0 Å². The van der Waals surface area contributed by atoms with Gasteiger partial charge < -0.3 is 11.1 Å². The maximum absolute atomic E-state index is 10.7. The number of nitrogens with zero attached hydrogens (tertiary/aromatic N) is 1. The van der Waals surface area contributed by atoms with Crippen LogP contribution in [0.4, 0.5) is 0 Å². The fourth-order valence-electron chi connectivity index (χ4n) is 1.54. The first-order chi connectivity index (χ1) is 7.09. The van der Waals surface area contributed by atoms with Crippen molar-refractivity contribution in [3.8, 4) is 0 Å². The van der Waals surface area contributed by atoms with E-state index in [0.29, 0.717) is 6.42 Å². The van der Waals surface area contributed by atoms with E-state index in [2.05, 4.69) is 10.3 Å². The quantitative estimate of drug-likeness (QED) is 0.756. The maximum atomic E-state index is 10.7. The molecule has 0 aromatic carbocycles. The Balaban J connectivity index is 2.49. The van der Waals surface area contributed by atoms with Gasteiger partial charge in [-0.2, -0.15) is 0 Å². The number of rotatable bonds is 5. The molecule has 0 saturated carbocycles. The number of aromatic nitrogens is 1. The molecule has 4 heteroatoms. The Morgan fingerprint density at radius 1 is 1.47 bits per heavy atom. The summed E-state index contributed by atoms with van der Waals surface area (Å²) in [5.74, 6) is -0.281. The van der Waals surface area contributed by atoms with Gasteiger partial charge in [-0.3, -0.25) is 9.78 Å². The minimum Gasteiger partial charge on any atom is -0.370 e. The lowest BCUT2D eigenvalue weighted by Crippen LogP contribution is -2.32. The van der Waals surface area contributed by atoms with Crippen molar-refractivity contribution < 1.29 is 4.79 Å². The highest BCUT2D eigenvalue weighted by Gasteiger charge is 2.10. The Hall–Kier alpha value is -1.42. The van der Waals surface area contributed by atoms with Crippen LogP contribution in [0, 0.1) is 0 Å². The standard InChI is InChI=1S/C11H17N3O/c1-8(7-11(12)15)14-9(2)10-3-5-13-6-4-10/h3-6,8-9,14H,7H2,1-2H3,(H2,12,15). The van der Waals surface area contributed by atoms with E-state index in [0.717, 1.165) is 5.56 Å². The predicted octanol–water partition coefficient (Wildman–Crippen LogP) is 0.996. The van der Waals surface area contributed by atoms with E-state index in [4.69, 9.17) is 5.73 Å². The Morgan fingerprint density at radius 2 is 2.07 bits per heavy atom. The second-order valence-electron chi connectivity index (χ2n) is 3.74. The molecule has 0 fully saturated rings. The topological polar surface area (TPSA) is 68.0 Å². The maximum Gasteiger partial charge on any atom is 0.218 e. The van der Waals surface area contributed by atoms with Crippen LogP contribution in [0.3, 0.4) is 0 Å². The van der Waals surface area contributed by atoms with Crippen molar-refractivity contribution in [2.24, 2.45) is 5.73 Å². The Morgan fingerprint density at radius 3 is 2.60 bits per heavy atom. The molecule has 15 heavy (non-hydrogen) atoms. The highest BCUT2D eigenvalue weighted by Crippen LogP contribution is 2.11. The van der Waals surface area contributed by atoms with Crippen LogP contribution in [0.1, 0.15) is 31.9 Å². The zero-order valence-corrected chi connectivity index (χ0v) is 9.10. The van der Waals surface area contributed by atoms with Gasteiger partial charge in [-0.25, -0.2) is 0 Å². The number of carbonyl (C=O) groups excluding carboxylic acids is 1. The summed E-state index contributed by atoms with van der Waals surface area (Å²) in [4.78, 5) is 14.7. The van der Waals surface area contributed by atoms with Gasteiger partial charge in [0.2, 0.25) is 5.91 Å². The number of carbonyl (C=O) groups is 1. The molecule has 2 atom stereocenters. The first-order valence-electron chi connectivity index (χ1n) is 5.04. The number of hydrogen-bond acceptors (Lipinski definition) is 3. The smallest absolute Gasteiger partial charge is 0.218 e. The molecule has 1 aromatic rings. The second kappa shape index (κ2) is 5.46. The van der Waals surface area contributed by atoms with Crippen molar-refractivity contribution in [3.05, 3.63) is 30.1 Å². The Kier molecular flexibility index (Phi) is 4.24. The molecule has 3 N–H and O–H groups in total. The molecule has 0 aliphatic carbocycles. The zero-order valence-electron chi connectivity index (χ0n) is 9.10. The van der Waals surface area contributed by atoms with Crippen LogP contribution in [0.15, 0.2) is 24.5 Å². The van der Waals surface area contributed by atoms with Gasteiger partial charge in [0.15, 0.2) is 0 Å².